The fourth-order valence-electron chi connectivity index (χ4n) is 2.60. The van der Waals surface area contributed by atoms with Crippen LogP contribution in [0.15, 0.2) is 49.0 Å². The molecule has 104 valence electrons. The highest BCUT2D eigenvalue weighted by Crippen LogP contribution is 2.21. The summed E-state index contributed by atoms with van der Waals surface area (Å²) in [7, 11) is 0. The van der Waals surface area contributed by atoms with Crippen molar-refractivity contribution in [3.63, 3.8) is 0 Å². The van der Waals surface area contributed by atoms with Gasteiger partial charge in [0.15, 0.2) is 0 Å². The number of rotatable bonds is 4. The van der Waals surface area contributed by atoms with Gasteiger partial charge in [-0.15, -0.1) is 0 Å². The zero-order valence-electron chi connectivity index (χ0n) is 11.6. The third kappa shape index (κ3) is 2.50. The highest BCUT2D eigenvalue weighted by Gasteiger charge is 2.28. The Bertz CT molecular complexity index is 729. The lowest BCUT2D eigenvalue weighted by Gasteiger charge is -2.06. The van der Waals surface area contributed by atoms with Crippen molar-refractivity contribution in [2.75, 3.05) is 0 Å². The van der Waals surface area contributed by atoms with Gasteiger partial charge < -0.3 is 0 Å². The highest BCUT2D eigenvalue weighted by atomic mass is 16.2. The van der Waals surface area contributed by atoms with E-state index in [2.05, 4.69) is 24.0 Å². The molecular weight excluding hydrogens is 262 g/mol. The van der Waals surface area contributed by atoms with Crippen molar-refractivity contribution in [3.05, 3.63) is 76.9 Å². The average molecular weight is 277 g/mol. The van der Waals surface area contributed by atoms with Gasteiger partial charge in [0.2, 0.25) is 0 Å². The highest BCUT2D eigenvalue weighted by molar-refractivity contribution is 6.22. The van der Waals surface area contributed by atoms with E-state index in [0.29, 0.717) is 11.1 Å². The van der Waals surface area contributed by atoms with E-state index >= 15 is 0 Å². The minimum absolute atomic E-state index is 0.285. The molecule has 3 nitrogen and oxygen atoms in total. The van der Waals surface area contributed by atoms with Crippen molar-refractivity contribution < 1.29 is 9.59 Å². The Balaban J connectivity index is 1.81. The molecule has 1 aliphatic rings. The molecule has 0 bridgehead atoms. The molecular formula is C18H15NO2. The lowest BCUT2D eigenvalue weighted by Crippen LogP contribution is -2.20. The summed E-state index contributed by atoms with van der Waals surface area (Å²) in [5, 5.41) is 2.35. The van der Waals surface area contributed by atoms with Crippen molar-refractivity contribution >= 4 is 17.9 Å². The number of benzene rings is 2. The minimum atomic E-state index is -0.299. The average Bonchev–Trinajstić information content (AvgIpc) is 2.81. The molecule has 2 amide bonds. The molecule has 2 aromatic carbocycles. The van der Waals surface area contributed by atoms with Crippen molar-refractivity contribution in [1.82, 2.24) is 5.32 Å². The first-order chi connectivity index (χ1) is 10.2. The summed E-state index contributed by atoms with van der Waals surface area (Å²) in [5.41, 5.74) is 4.22. The zero-order chi connectivity index (χ0) is 14.8. The van der Waals surface area contributed by atoms with Crippen LogP contribution >= 0.6 is 0 Å². The number of imide groups is 1. The lowest BCUT2D eigenvalue weighted by molar-refractivity contribution is 0.0879. The number of fused-ring (bicyclic) bond motifs is 1. The minimum Gasteiger partial charge on any atom is -0.288 e. The molecule has 21 heavy (non-hydrogen) atoms. The molecule has 0 aliphatic carbocycles. The summed E-state index contributed by atoms with van der Waals surface area (Å²) >= 11 is 0. The van der Waals surface area contributed by atoms with Crippen LogP contribution in [0, 0.1) is 0 Å². The molecule has 3 heteroatoms. The van der Waals surface area contributed by atoms with Crippen molar-refractivity contribution in [2.45, 2.75) is 12.8 Å². The van der Waals surface area contributed by atoms with Crippen molar-refractivity contribution in [1.29, 1.82) is 0 Å². The Morgan fingerprint density at radius 2 is 1.71 bits per heavy atom. The van der Waals surface area contributed by atoms with E-state index in [4.69, 9.17) is 0 Å². The fraction of sp³-hybridized carbons (Fsp3) is 0.111. The van der Waals surface area contributed by atoms with Crippen LogP contribution in [0.4, 0.5) is 0 Å². The molecule has 0 aromatic heterocycles. The maximum absolute atomic E-state index is 11.8. The Kier molecular flexibility index (Phi) is 3.40. The quantitative estimate of drug-likeness (QED) is 0.873. The number of carbonyl (C=O) groups is 2. The van der Waals surface area contributed by atoms with Gasteiger partial charge in [0.25, 0.3) is 11.8 Å². The van der Waals surface area contributed by atoms with Crippen LogP contribution in [-0.2, 0) is 12.8 Å². The van der Waals surface area contributed by atoms with Gasteiger partial charge in [-0.2, -0.15) is 0 Å². The second kappa shape index (κ2) is 5.37. The number of amides is 2. The molecule has 0 atom stereocenters. The van der Waals surface area contributed by atoms with E-state index in [1.54, 1.807) is 6.07 Å². The third-order valence-corrected chi connectivity index (χ3v) is 3.75. The molecule has 0 saturated carbocycles. The second-order valence-corrected chi connectivity index (χ2v) is 5.07. The normalized spacial score (nSPS) is 13.0. The van der Waals surface area contributed by atoms with E-state index in [1.807, 2.05) is 30.3 Å². The first-order valence-corrected chi connectivity index (χ1v) is 6.88. The number of aryl methyl sites for hydroxylation is 2. The molecule has 1 heterocycles. The fourth-order valence-corrected chi connectivity index (χ4v) is 2.60. The van der Waals surface area contributed by atoms with Gasteiger partial charge in [-0.1, -0.05) is 49.1 Å². The number of carbonyl (C=O) groups excluding carboxylic acids is 2. The molecule has 3 rings (SSSR count). The molecule has 1 aliphatic heterocycles. The van der Waals surface area contributed by atoms with E-state index in [0.717, 1.165) is 24.0 Å². The van der Waals surface area contributed by atoms with Gasteiger partial charge in [-0.25, -0.2) is 0 Å². The second-order valence-electron chi connectivity index (χ2n) is 5.07. The standard InChI is InChI=1S/C18H15NO2/c1-2-12-6-8-13(9-7-12)10-11-14-4-3-5-15-16(14)18(21)19-17(15)20/h2-9H,1,10-11H2,(H,19,20,21). The van der Waals surface area contributed by atoms with E-state index in [9.17, 15) is 9.59 Å². The predicted octanol–water partition coefficient (Wildman–Crippen LogP) is 3.00. The topological polar surface area (TPSA) is 46.2 Å². The summed E-state index contributed by atoms with van der Waals surface area (Å²) in [6.45, 7) is 3.73. The van der Waals surface area contributed by atoms with Gasteiger partial charge in [0.05, 0.1) is 11.1 Å². The molecule has 0 saturated heterocycles. The number of hydrogen-bond donors (Lipinski definition) is 1. The lowest BCUT2D eigenvalue weighted by atomic mass is 9.97. The van der Waals surface area contributed by atoms with Crippen LogP contribution in [0.2, 0.25) is 0 Å². The van der Waals surface area contributed by atoms with Gasteiger partial charge in [-0.3, -0.25) is 14.9 Å². The molecule has 0 unspecified atom stereocenters. The Hall–Kier alpha value is -2.68. The molecule has 0 radical (unpaired) electrons. The SMILES string of the molecule is C=Cc1ccc(CCc2cccc3c2C(=O)NC3=O)cc1. The first-order valence-electron chi connectivity index (χ1n) is 6.88. The van der Waals surface area contributed by atoms with Gasteiger partial charge in [0.1, 0.15) is 0 Å². The summed E-state index contributed by atoms with van der Waals surface area (Å²) < 4.78 is 0. The van der Waals surface area contributed by atoms with Crippen LogP contribution < -0.4 is 5.32 Å². The zero-order valence-corrected chi connectivity index (χ0v) is 11.6. The first kappa shape index (κ1) is 13.3. The maximum atomic E-state index is 11.8. The van der Waals surface area contributed by atoms with Gasteiger partial charge >= 0.3 is 0 Å². The van der Waals surface area contributed by atoms with Crippen LogP contribution in [-0.4, -0.2) is 11.8 Å². The van der Waals surface area contributed by atoms with Crippen LogP contribution in [0.5, 0.6) is 0 Å². The number of hydrogen-bond acceptors (Lipinski definition) is 2. The summed E-state index contributed by atoms with van der Waals surface area (Å²) in [6, 6.07) is 13.6. The summed E-state index contributed by atoms with van der Waals surface area (Å²) in [4.78, 5) is 23.5. The van der Waals surface area contributed by atoms with Crippen LogP contribution in [0.25, 0.3) is 6.08 Å². The van der Waals surface area contributed by atoms with E-state index in [-0.39, 0.29) is 11.8 Å². The van der Waals surface area contributed by atoms with Crippen molar-refractivity contribution in [2.24, 2.45) is 0 Å². The predicted molar refractivity (Wildman–Crippen MR) is 82.2 cm³/mol. The van der Waals surface area contributed by atoms with E-state index in [1.165, 1.54) is 5.56 Å². The summed E-state index contributed by atoms with van der Waals surface area (Å²) in [5.74, 6) is -0.584. The maximum Gasteiger partial charge on any atom is 0.259 e. The van der Waals surface area contributed by atoms with Crippen LogP contribution in [0.1, 0.15) is 37.4 Å². The smallest absolute Gasteiger partial charge is 0.259 e. The van der Waals surface area contributed by atoms with Gasteiger partial charge in [0, 0.05) is 0 Å². The van der Waals surface area contributed by atoms with Gasteiger partial charge in [-0.05, 0) is 35.6 Å². The Morgan fingerprint density at radius 3 is 2.43 bits per heavy atom. The molecule has 0 fully saturated rings. The Labute approximate surface area is 123 Å². The van der Waals surface area contributed by atoms with Crippen LogP contribution in [0.3, 0.4) is 0 Å². The molecule has 2 aromatic rings. The summed E-state index contributed by atoms with van der Waals surface area (Å²) in [6.07, 6.45) is 3.37. The van der Waals surface area contributed by atoms with E-state index < -0.39 is 0 Å². The number of nitrogens with one attached hydrogen (secondary N) is 1. The monoisotopic (exact) mass is 277 g/mol. The van der Waals surface area contributed by atoms with Crippen molar-refractivity contribution in [3.8, 4) is 0 Å². The molecule has 1 N–H and O–H groups in total. The third-order valence-electron chi connectivity index (χ3n) is 3.75. The largest absolute Gasteiger partial charge is 0.288 e. The Morgan fingerprint density at radius 1 is 0.952 bits per heavy atom. The molecule has 0 spiro atoms.